The van der Waals surface area contributed by atoms with Crippen molar-refractivity contribution in [1.82, 2.24) is 29.7 Å². The Hall–Kier alpha value is -4.90. The van der Waals surface area contributed by atoms with E-state index in [2.05, 4.69) is 58.6 Å². The first kappa shape index (κ1) is 30.7. The number of aliphatic hydroxyl groups is 1. The zero-order valence-electron chi connectivity index (χ0n) is 27.3. The second kappa shape index (κ2) is 12.4. The number of amides is 2. The Kier molecular flexibility index (Phi) is 8.09. The highest BCUT2D eigenvalue weighted by molar-refractivity contribution is 5.89. The number of carbonyl (C=O) groups excluding carboxylic acids is 1. The van der Waals surface area contributed by atoms with Crippen LogP contribution in [0, 0.1) is 6.92 Å². The third-order valence-corrected chi connectivity index (χ3v) is 9.12. The predicted molar refractivity (Wildman–Crippen MR) is 181 cm³/mol. The van der Waals surface area contributed by atoms with Crippen LogP contribution in [0.5, 0.6) is 5.75 Å². The maximum absolute atomic E-state index is 13.5. The lowest BCUT2D eigenvalue weighted by Gasteiger charge is -2.32. The number of nitrogens with one attached hydrogen (secondary N) is 2. The second-order valence-electron chi connectivity index (χ2n) is 13.7. The second-order valence-corrected chi connectivity index (χ2v) is 13.7. The summed E-state index contributed by atoms with van der Waals surface area (Å²) >= 11 is 0. The molecule has 1 aliphatic heterocycles. The number of aromatic nitrogens is 5. The molecule has 0 spiro atoms. The Balaban J connectivity index is 1.08. The van der Waals surface area contributed by atoms with Crippen LogP contribution in [0.15, 0.2) is 72.9 Å². The van der Waals surface area contributed by atoms with Crippen molar-refractivity contribution in [2.24, 2.45) is 0 Å². The molecule has 1 saturated heterocycles. The number of ether oxygens (including phenoxy) is 1. The molecule has 3 aromatic heterocycles. The highest BCUT2D eigenvalue weighted by Gasteiger charge is 2.30. The number of hydrogen-bond acceptors (Lipinski definition) is 7. The van der Waals surface area contributed by atoms with Gasteiger partial charge in [-0.1, -0.05) is 62.7 Å². The first-order valence-corrected chi connectivity index (χ1v) is 16.4. The molecule has 1 aliphatic carbocycles. The van der Waals surface area contributed by atoms with E-state index >= 15 is 0 Å². The monoisotopic (exact) mass is 634 g/mol. The molecule has 47 heavy (non-hydrogen) atoms. The Morgan fingerprint density at radius 3 is 2.43 bits per heavy atom. The Morgan fingerprint density at radius 1 is 0.936 bits per heavy atom. The molecule has 2 aromatic carbocycles. The molecular weight excluding hydrogens is 592 g/mol. The van der Waals surface area contributed by atoms with Gasteiger partial charge in [0.25, 0.3) is 0 Å². The summed E-state index contributed by atoms with van der Waals surface area (Å²) in [5.74, 6) is 2.10. The number of hydrogen-bond donors (Lipinski definition) is 3. The number of nitrogens with zero attached hydrogens (tertiary/aromatic N) is 6. The zero-order valence-corrected chi connectivity index (χ0v) is 27.3. The average Bonchev–Trinajstić information content (AvgIpc) is 3.68. The van der Waals surface area contributed by atoms with E-state index < -0.39 is 0 Å². The molecule has 5 aromatic rings. The van der Waals surface area contributed by atoms with Gasteiger partial charge in [0.2, 0.25) is 5.95 Å². The van der Waals surface area contributed by atoms with Crippen LogP contribution in [0.1, 0.15) is 81.0 Å². The van der Waals surface area contributed by atoms with Crippen molar-refractivity contribution in [2.45, 2.75) is 77.0 Å². The van der Waals surface area contributed by atoms with Gasteiger partial charge in [-0.3, -0.25) is 9.72 Å². The molecule has 244 valence electrons. The SMILES string of the molecule is Cc1ccc(-n2nc(C(C)(C)C)cc2NC(=O)N[C@H]2CC[C@@H](Oc3ccc4nnc(N5CCC(O)CC5)n4c3)c3ccccc32)cc1. The van der Waals surface area contributed by atoms with Crippen molar-refractivity contribution in [3.05, 3.63) is 95.3 Å². The van der Waals surface area contributed by atoms with Gasteiger partial charge in [-0.15, -0.1) is 10.2 Å². The van der Waals surface area contributed by atoms with Crippen molar-refractivity contribution in [1.29, 1.82) is 0 Å². The van der Waals surface area contributed by atoms with E-state index in [0.29, 0.717) is 18.7 Å². The summed E-state index contributed by atoms with van der Waals surface area (Å²) in [4.78, 5) is 15.7. The molecule has 3 N–H and O–H groups in total. The molecule has 7 rings (SSSR count). The summed E-state index contributed by atoms with van der Waals surface area (Å²) < 4.78 is 10.4. The van der Waals surface area contributed by atoms with Crippen molar-refractivity contribution in [3.8, 4) is 11.4 Å². The molecule has 4 heterocycles. The minimum absolute atomic E-state index is 0.174. The average molecular weight is 635 g/mol. The van der Waals surface area contributed by atoms with Crippen molar-refractivity contribution in [2.75, 3.05) is 23.3 Å². The van der Waals surface area contributed by atoms with E-state index in [9.17, 15) is 9.90 Å². The van der Waals surface area contributed by atoms with Gasteiger partial charge in [0, 0.05) is 24.6 Å². The van der Waals surface area contributed by atoms with Crippen LogP contribution in [0.2, 0.25) is 0 Å². The molecule has 0 unspecified atom stereocenters. The molecule has 11 heteroatoms. The number of pyridine rings is 1. The zero-order chi connectivity index (χ0) is 32.7. The highest BCUT2D eigenvalue weighted by atomic mass is 16.5. The van der Waals surface area contributed by atoms with Crippen LogP contribution < -0.4 is 20.3 Å². The fourth-order valence-corrected chi connectivity index (χ4v) is 6.43. The molecule has 2 aliphatic rings. The van der Waals surface area contributed by atoms with Gasteiger partial charge in [0.05, 0.1) is 29.7 Å². The van der Waals surface area contributed by atoms with Gasteiger partial charge < -0.3 is 20.1 Å². The number of carbonyl (C=O) groups is 1. The Bertz CT molecular complexity index is 1880. The van der Waals surface area contributed by atoms with Crippen molar-refractivity contribution in [3.63, 3.8) is 0 Å². The number of anilines is 2. The summed E-state index contributed by atoms with van der Waals surface area (Å²) in [6, 6.07) is 21.6. The Labute approximate surface area is 274 Å². The summed E-state index contributed by atoms with van der Waals surface area (Å²) in [6.45, 7) is 9.85. The summed E-state index contributed by atoms with van der Waals surface area (Å²) in [5, 5.41) is 29.9. The van der Waals surface area contributed by atoms with Crippen LogP contribution >= 0.6 is 0 Å². The smallest absolute Gasteiger partial charge is 0.320 e. The first-order valence-electron chi connectivity index (χ1n) is 16.4. The van der Waals surface area contributed by atoms with E-state index in [1.54, 1.807) is 4.68 Å². The normalized spacial score (nSPS) is 18.6. The van der Waals surface area contributed by atoms with E-state index in [0.717, 1.165) is 71.3 Å². The van der Waals surface area contributed by atoms with E-state index in [1.807, 2.05) is 72.1 Å². The lowest BCUT2D eigenvalue weighted by molar-refractivity contribution is 0.145. The maximum atomic E-state index is 13.5. The maximum Gasteiger partial charge on any atom is 0.320 e. The quantitative estimate of drug-likeness (QED) is 0.202. The highest BCUT2D eigenvalue weighted by Crippen LogP contribution is 2.39. The number of fused-ring (bicyclic) bond motifs is 2. The van der Waals surface area contributed by atoms with Crippen LogP contribution in [-0.2, 0) is 5.41 Å². The van der Waals surface area contributed by atoms with E-state index in [4.69, 9.17) is 9.84 Å². The van der Waals surface area contributed by atoms with Gasteiger partial charge in [-0.05, 0) is 68.0 Å². The first-order chi connectivity index (χ1) is 22.6. The summed E-state index contributed by atoms with van der Waals surface area (Å²) in [6.07, 6.45) is 4.39. The largest absolute Gasteiger partial charge is 0.484 e. The van der Waals surface area contributed by atoms with Crippen LogP contribution in [0.4, 0.5) is 16.6 Å². The standard InChI is InChI=1S/C36H42N8O3/c1-23-9-11-24(12-10-23)44-33(21-31(41-44)36(2,3)4)38-34(46)37-29-14-15-30(28-8-6-5-7-27(28)29)47-26-13-16-32-39-40-35(43(32)22-26)42-19-17-25(45)18-20-42/h5-13,16,21-22,25,29-30,45H,14-15,17-20H2,1-4H3,(H2,37,38,46)/t29-,30+/m0/s1. The van der Waals surface area contributed by atoms with Crippen molar-refractivity contribution >= 4 is 23.4 Å². The van der Waals surface area contributed by atoms with E-state index in [-0.39, 0.29) is 29.7 Å². The molecule has 1 fully saturated rings. The number of rotatable bonds is 6. The lowest BCUT2D eigenvalue weighted by Crippen LogP contribution is -2.37. The minimum atomic E-state index is -0.284. The van der Waals surface area contributed by atoms with E-state index in [1.165, 1.54) is 0 Å². The summed E-state index contributed by atoms with van der Waals surface area (Å²) in [5.41, 5.74) is 5.59. The fourth-order valence-electron chi connectivity index (χ4n) is 6.43. The third kappa shape index (κ3) is 6.40. The number of aryl methyl sites for hydroxylation is 1. The van der Waals surface area contributed by atoms with Crippen LogP contribution in [-0.4, -0.2) is 54.7 Å². The van der Waals surface area contributed by atoms with Gasteiger partial charge in [-0.25, -0.2) is 9.48 Å². The Morgan fingerprint density at radius 2 is 1.68 bits per heavy atom. The number of benzene rings is 2. The third-order valence-electron chi connectivity index (χ3n) is 9.12. The minimum Gasteiger partial charge on any atom is -0.484 e. The molecular formula is C36H42N8O3. The topological polar surface area (TPSA) is 122 Å². The number of urea groups is 1. The lowest BCUT2D eigenvalue weighted by atomic mass is 9.85. The molecule has 2 atom stereocenters. The van der Waals surface area contributed by atoms with Gasteiger partial charge in [0.15, 0.2) is 5.65 Å². The van der Waals surface area contributed by atoms with Crippen LogP contribution in [0.25, 0.3) is 11.3 Å². The summed E-state index contributed by atoms with van der Waals surface area (Å²) in [7, 11) is 0. The van der Waals surface area contributed by atoms with Crippen LogP contribution in [0.3, 0.4) is 0 Å². The van der Waals surface area contributed by atoms with Gasteiger partial charge in [-0.2, -0.15) is 5.10 Å². The number of piperidine rings is 1. The number of aliphatic hydroxyl groups excluding tert-OH is 1. The molecule has 11 nitrogen and oxygen atoms in total. The molecule has 0 bridgehead atoms. The van der Waals surface area contributed by atoms with Gasteiger partial charge in [0.1, 0.15) is 17.7 Å². The molecule has 2 amide bonds. The van der Waals surface area contributed by atoms with Crippen molar-refractivity contribution < 1.29 is 14.6 Å². The predicted octanol–water partition coefficient (Wildman–Crippen LogP) is 6.26. The fraction of sp³-hybridized carbons (Fsp3) is 0.389. The van der Waals surface area contributed by atoms with Gasteiger partial charge >= 0.3 is 6.03 Å². The molecule has 0 radical (unpaired) electrons. The molecule has 0 saturated carbocycles.